The van der Waals surface area contributed by atoms with Crippen LogP contribution in [0.1, 0.15) is 25.0 Å². The van der Waals surface area contributed by atoms with Gasteiger partial charge in [0.25, 0.3) is 0 Å². The molecule has 14 heavy (non-hydrogen) atoms. The highest BCUT2D eigenvalue weighted by atomic mass is 32.2. The molecule has 1 aliphatic carbocycles. The first-order valence-corrected chi connectivity index (χ1v) is 6.53. The Morgan fingerprint density at radius 3 is 3.00 bits per heavy atom. The van der Waals surface area contributed by atoms with Crippen molar-refractivity contribution >= 4 is 23.1 Å². The van der Waals surface area contributed by atoms with Gasteiger partial charge in [0.2, 0.25) is 0 Å². The Morgan fingerprint density at radius 1 is 1.71 bits per heavy atom. The Hall–Kier alpha value is -0.530. The number of aromatic nitrogens is 1. The molecule has 0 bridgehead atoms. The van der Waals surface area contributed by atoms with E-state index < -0.39 is 0 Å². The molecule has 0 aliphatic heterocycles. The summed E-state index contributed by atoms with van der Waals surface area (Å²) in [6, 6.07) is 2.28. The van der Waals surface area contributed by atoms with Crippen LogP contribution in [-0.2, 0) is 0 Å². The fourth-order valence-corrected chi connectivity index (χ4v) is 3.47. The van der Waals surface area contributed by atoms with Crippen LogP contribution >= 0.6 is 23.1 Å². The molecule has 4 heteroatoms. The molecule has 2 nitrogen and oxygen atoms in total. The molecular formula is C10H12N2S2. The smallest absolute Gasteiger partial charge is 0.150 e. The van der Waals surface area contributed by atoms with Crippen molar-refractivity contribution in [3.05, 3.63) is 11.1 Å². The van der Waals surface area contributed by atoms with Gasteiger partial charge < -0.3 is 0 Å². The predicted octanol–water partition coefficient (Wildman–Crippen LogP) is 3.24. The summed E-state index contributed by atoms with van der Waals surface area (Å²) in [6.45, 7) is 2.02. The van der Waals surface area contributed by atoms with Crippen molar-refractivity contribution in [2.24, 2.45) is 5.41 Å². The Bertz CT molecular complexity index is 360. The summed E-state index contributed by atoms with van der Waals surface area (Å²) in [5.74, 6) is 1.06. The van der Waals surface area contributed by atoms with E-state index in [0.717, 1.165) is 15.8 Å². The van der Waals surface area contributed by atoms with Gasteiger partial charge in [-0.3, -0.25) is 0 Å². The summed E-state index contributed by atoms with van der Waals surface area (Å²) in [5, 5.41) is 10.7. The normalized spacial score (nSPS) is 17.7. The second-order valence-corrected chi connectivity index (χ2v) is 5.96. The number of hydrogen-bond donors (Lipinski definition) is 0. The molecule has 0 amide bonds. The van der Waals surface area contributed by atoms with Gasteiger partial charge in [-0.1, -0.05) is 11.8 Å². The molecule has 1 aromatic rings. The van der Waals surface area contributed by atoms with Crippen LogP contribution in [0, 0.1) is 23.7 Å². The van der Waals surface area contributed by atoms with Crippen LogP contribution in [0.4, 0.5) is 0 Å². The van der Waals surface area contributed by atoms with Crippen molar-refractivity contribution in [3.8, 4) is 6.07 Å². The number of aryl methyl sites for hydroxylation is 1. The van der Waals surface area contributed by atoms with Crippen LogP contribution in [0.15, 0.2) is 9.72 Å². The number of nitriles is 1. The zero-order chi connectivity index (χ0) is 10.0. The third-order valence-corrected chi connectivity index (χ3v) is 5.00. The van der Waals surface area contributed by atoms with Crippen LogP contribution in [0.25, 0.3) is 0 Å². The maximum Gasteiger partial charge on any atom is 0.150 e. The summed E-state index contributed by atoms with van der Waals surface area (Å²) >= 11 is 3.51. The molecule has 0 radical (unpaired) electrons. The Kier molecular flexibility index (Phi) is 2.80. The molecule has 74 valence electrons. The fraction of sp³-hybridized carbons (Fsp3) is 0.600. The molecule has 0 N–H and O–H groups in total. The van der Waals surface area contributed by atoms with Crippen LogP contribution in [0.3, 0.4) is 0 Å². The average molecular weight is 224 g/mol. The van der Waals surface area contributed by atoms with Gasteiger partial charge in [0.05, 0.1) is 6.07 Å². The van der Waals surface area contributed by atoms with E-state index >= 15 is 0 Å². The number of nitrogens with zero attached hydrogens (tertiary/aromatic N) is 2. The lowest BCUT2D eigenvalue weighted by Gasteiger charge is -2.07. The topological polar surface area (TPSA) is 36.7 Å². The van der Waals surface area contributed by atoms with Crippen LogP contribution in [-0.4, -0.2) is 10.7 Å². The monoisotopic (exact) mass is 224 g/mol. The lowest BCUT2D eigenvalue weighted by atomic mass is 10.1. The number of hydrogen-bond acceptors (Lipinski definition) is 4. The van der Waals surface area contributed by atoms with E-state index in [4.69, 9.17) is 5.26 Å². The minimum atomic E-state index is 0.332. The van der Waals surface area contributed by atoms with E-state index in [9.17, 15) is 0 Å². The highest BCUT2D eigenvalue weighted by molar-refractivity contribution is 8.01. The maximum atomic E-state index is 8.67. The van der Waals surface area contributed by atoms with Crippen LogP contribution in [0.2, 0.25) is 0 Å². The predicted molar refractivity (Wildman–Crippen MR) is 59.5 cm³/mol. The minimum absolute atomic E-state index is 0.332. The molecule has 0 unspecified atom stereocenters. The molecule has 1 fully saturated rings. The first-order chi connectivity index (χ1) is 6.74. The molecule has 0 spiro atoms. The first kappa shape index (κ1) is 10.0. The van der Waals surface area contributed by atoms with Crippen molar-refractivity contribution in [1.29, 1.82) is 5.26 Å². The summed E-state index contributed by atoms with van der Waals surface area (Å²) in [6.07, 6.45) is 3.15. The van der Waals surface area contributed by atoms with Crippen LogP contribution in [0.5, 0.6) is 0 Å². The van der Waals surface area contributed by atoms with Gasteiger partial charge in [-0.25, -0.2) is 4.98 Å². The lowest BCUT2D eigenvalue weighted by Crippen LogP contribution is -2.02. The highest BCUT2D eigenvalue weighted by Gasteiger charge is 2.42. The highest BCUT2D eigenvalue weighted by Crippen LogP contribution is 2.51. The van der Waals surface area contributed by atoms with Gasteiger partial charge in [0, 0.05) is 23.2 Å². The molecule has 1 saturated carbocycles. The summed E-state index contributed by atoms with van der Waals surface area (Å²) in [4.78, 5) is 4.40. The second kappa shape index (κ2) is 3.92. The molecule has 1 heterocycles. The van der Waals surface area contributed by atoms with Crippen molar-refractivity contribution in [2.75, 3.05) is 5.75 Å². The number of thioether (sulfide) groups is 1. The fourth-order valence-electron chi connectivity index (χ4n) is 1.33. The third-order valence-electron chi connectivity index (χ3n) is 2.51. The molecular weight excluding hydrogens is 212 g/mol. The van der Waals surface area contributed by atoms with Crippen LogP contribution < -0.4 is 0 Å². The minimum Gasteiger partial charge on any atom is -0.235 e. The van der Waals surface area contributed by atoms with Gasteiger partial charge in [-0.05, 0) is 25.2 Å². The van der Waals surface area contributed by atoms with Gasteiger partial charge in [-0.15, -0.1) is 11.3 Å². The SMILES string of the molecule is Cc1csc(SCC2(CC#N)CC2)n1. The largest absolute Gasteiger partial charge is 0.235 e. The quantitative estimate of drug-likeness (QED) is 0.737. The van der Waals surface area contributed by atoms with E-state index in [2.05, 4.69) is 16.4 Å². The summed E-state index contributed by atoms with van der Waals surface area (Å²) in [5.41, 5.74) is 1.43. The first-order valence-electron chi connectivity index (χ1n) is 4.66. The van der Waals surface area contributed by atoms with Crippen molar-refractivity contribution in [3.63, 3.8) is 0 Å². The van der Waals surface area contributed by atoms with E-state index in [0.29, 0.717) is 11.8 Å². The molecule has 0 saturated heterocycles. The molecule has 1 aliphatic rings. The average Bonchev–Trinajstić information content (AvgIpc) is 2.80. The van der Waals surface area contributed by atoms with Gasteiger partial charge in [-0.2, -0.15) is 5.26 Å². The standard InChI is InChI=1S/C10H12N2S2/c1-8-6-13-9(12-8)14-7-10(2-3-10)4-5-11/h6H,2-4,7H2,1H3. The Morgan fingerprint density at radius 2 is 2.50 bits per heavy atom. The lowest BCUT2D eigenvalue weighted by molar-refractivity contribution is 0.604. The van der Waals surface area contributed by atoms with E-state index in [1.54, 1.807) is 23.1 Å². The van der Waals surface area contributed by atoms with E-state index in [1.807, 2.05) is 6.92 Å². The number of thiazole rings is 1. The Labute approximate surface area is 92.4 Å². The van der Waals surface area contributed by atoms with Crippen molar-refractivity contribution < 1.29 is 0 Å². The van der Waals surface area contributed by atoms with Crippen molar-refractivity contribution in [2.45, 2.75) is 30.5 Å². The Balaban J connectivity index is 1.86. The van der Waals surface area contributed by atoms with Gasteiger partial charge >= 0.3 is 0 Å². The second-order valence-electron chi connectivity index (χ2n) is 3.88. The van der Waals surface area contributed by atoms with E-state index in [-0.39, 0.29) is 0 Å². The zero-order valence-corrected chi connectivity index (χ0v) is 9.75. The summed E-state index contributed by atoms with van der Waals surface area (Å²) in [7, 11) is 0. The molecule has 0 aromatic carbocycles. The molecule has 0 atom stereocenters. The molecule has 2 rings (SSSR count). The third kappa shape index (κ3) is 2.28. The summed E-state index contributed by atoms with van der Waals surface area (Å²) < 4.78 is 1.15. The zero-order valence-electron chi connectivity index (χ0n) is 8.12. The molecule has 1 aromatic heterocycles. The number of rotatable bonds is 4. The maximum absolute atomic E-state index is 8.67. The van der Waals surface area contributed by atoms with E-state index in [1.165, 1.54) is 12.8 Å². The van der Waals surface area contributed by atoms with Crippen molar-refractivity contribution in [1.82, 2.24) is 4.98 Å². The van der Waals surface area contributed by atoms with Gasteiger partial charge in [0.15, 0.2) is 0 Å². The van der Waals surface area contributed by atoms with Gasteiger partial charge in [0.1, 0.15) is 4.34 Å².